The van der Waals surface area contributed by atoms with E-state index in [9.17, 15) is 5.11 Å². The van der Waals surface area contributed by atoms with Gasteiger partial charge in [0.1, 0.15) is 17.2 Å². The van der Waals surface area contributed by atoms with E-state index in [2.05, 4.69) is 62.9 Å². The molecule has 0 amide bonds. The molecule has 5 heterocycles. The summed E-state index contributed by atoms with van der Waals surface area (Å²) in [6.45, 7) is 6.11. The van der Waals surface area contributed by atoms with Gasteiger partial charge >= 0.3 is 0 Å². The van der Waals surface area contributed by atoms with Gasteiger partial charge in [0.2, 0.25) is 0 Å². The van der Waals surface area contributed by atoms with Crippen molar-refractivity contribution in [3.8, 4) is 0 Å². The van der Waals surface area contributed by atoms with Crippen LogP contribution < -0.4 is 10.2 Å². The summed E-state index contributed by atoms with van der Waals surface area (Å²) in [6, 6.07) is 10.2. The van der Waals surface area contributed by atoms with Crippen molar-refractivity contribution in [3.63, 3.8) is 0 Å². The Morgan fingerprint density at radius 2 is 1.77 bits per heavy atom. The van der Waals surface area contributed by atoms with Gasteiger partial charge in [0, 0.05) is 38.6 Å². The highest BCUT2D eigenvalue weighted by molar-refractivity contribution is 5.58. The molecule has 3 aromatic rings. The van der Waals surface area contributed by atoms with Crippen LogP contribution in [0.3, 0.4) is 0 Å². The third kappa shape index (κ3) is 3.57. The lowest BCUT2D eigenvalue weighted by molar-refractivity contribution is 0.0914. The van der Waals surface area contributed by atoms with E-state index in [-0.39, 0.29) is 18.2 Å². The molecule has 7 heteroatoms. The number of nitrogens with zero attached hydrogens (tertiary/aromatic N) is 5. The van der Waals surface area contributed by atoms with E-state index in [1.165, 1.54) is 0 Å². The zero-order valence-corrected chi connectivity index (χ0v) is 17.7. The first-order chi connectivity index (χ1) is 14.6. The molecule has 3 unspecified atom stereocenters. The van der Waals surface area contributed by atoms with Gasteiger partial charge in [-0.25, -0.2) is 4.98 Å². The molecular weight excluding hydrogens is 376 g/mol. The predicted octanol–water partition coefficient (Wildman–Crippen LogP) is 2.32. The Labute approximate surface area is 177 Å². The Hall–Kier alpha value is -2.48. The molecule has 2 fully saturated rings. The average molecular weight is 407 g/mol. The summed E-state index contributed by atoms with van der Waals surface area (Å²) in [5.41, 5.74) is 4.15. The SMILES string of the molecule is Cc1cccnc1C1CC(O)CC(c2nc3ccccn3c2N2CCN(C)CC2)N1. The first-order valence-corrected chi connectivity index (χ1v) is 10.9. The number of hydrogen-bond acceptors (Lipinski definition) is 6. The molecule has 0 aromatic carbocycles. The summed E-state index contributed by atoms with van der Waals surface area (Å²) in [5, 5.41) is 14.5. The molecule has 7 nitrogen and oxygen atoms in total. The molecule has 0 aliphatic carbocycles. The number of hydrogen-bond donors (Lipinski definition) is 2. The largest absolute Gasteiger partial charge is 0.393 e. The minimum atomic E-state index is -0.382. The summed E-state index contributed by atoms with van der Waals surface area (Å²) in [4.78, 5) is 14.4. The van der Waals surface area contributed by atoms with Crippen molar-refractivity contribution in [2.24, 2.45) is 0 Å². The number of piperazine rings is 1. The summed E-state index contributed by atoms with van der Waals surface area (Å²) < 4.78 is 2.20. The van der Waals surface area contributed by atoms with Crippen LogP contribution in [-0.4, -0.2) is 63.7 Å². The highest BCUT2D eigenvalue weighted by Gasteiger charge is 2.35. The standard InChI is InChI=1S/C23H30N6O/c1-16-6-5-8-24-21(16)18-14-17(30)15-19(25-18)22-23(28-12-10-27(2)11-13-28)29-9-4-3-7-20(29)26-22/h3-9,17-19,25,30H,10-15H2,1-2H3. The molecule has 158 valence electrons. The number of aliphatic hydroxyl groups is 1. The predicted molar refractivity (Wildman–Crippen MR) is 118 cm³/mol. The Kier molecular flexibility index (Phi) is 5.18. The van der Waals surface area contributed by atoms with Crippen LogP contribution in [-0.2, 0) is 0 Å². The second kappa shape index (κ2) is 7.98. The molecule has 0 saturated carbocycles. The molecule has 2 saturated heterocycles. The van der Waals surface area contributed by atoms with Gasteiger partial charge in [-0.1, -0.05) is 12.1 Å². The van der Waals surface area contributed by atoms with Gasteiger partial charge in [0.15, 0.2) is 0 Å². The van der Waals surface area contributed by atoms with Crippen LogP contribution >= 0.6 is 0 Å². The number of aryl methyl sites for hydroxylation is 1. The van der Waals surface area contributed by atoms with Gasteiger partial charge in [-0.15, -0.1) is 0 Å². The van der Waals surface area contributed by atoms with E-state index < -0.39 is 0 Å². The van der Waals surface area contributed by atoms with Gasteiger partial charge in [-0.05, 0) is 50.6 Å². The lowest BCUT2D eigenvalue weighted by Crippen LogP contribution is -2.46. The third-order valence-corrected chi connectivity index (χ3v) is 6.46. The Morgan fingerprint density at radius 3 is 2.53 bits per heavy atom. The van der Waals surface area contributed by atoms with E-state index in [1.807, 2.05) is 18.3 Å². The Bertz CT molecular complexity index is 1030. The number of aromatic nitrogens is 3. The Balaban J connectivity index is 1.53. The molecule has 30 heavy (non-hydrogen) atoms. The first-order valence-electron chi connectivity index (χ1n) is 10.9. The van der Waals surface area contributed by atoms with Crippen LogP contribution in [0.5, 0.6) is 0 Å². The third-order valence-electron chi connectivity index (χ3n) is 6.46. The van der Waals surface area contributed by atoms with E-state index in [0.29, 0.717) is 12.8 Å². The van der Waals surface area contributed by atoms with Crippen molar-refractivity contribution < 1.29 is 5.11 Å². The van der Waals surface area contributed by atoms with Gasteiger partial charge in [0.25, 0.3) is 0 Å². The first kappa shape index (κ1) is 19.5. The fourth-order valence-electron chi connectivity index (χ4n) is 4.83. The molecule has 2 aliphatic rings. The summed E-state index contributed by atoms with van der Waals surface area (Å²) >= 11 is 0. The zero-order chi connectivity index (χ0) is 20.7. The van der Waals surface area contributed by atoms with E-state index in [0.717, 1.165) is 54.6 Å². The number of anilines is 1. The van der Waals surface area contributed by atoms with Crippen LogP contribution in [0.1, 0.15) is 41.9 Å². The fourth-order valence-corrected chi connectivity index (χ4v) is 4.83. The van der Waals surface area contributed by atoms with Crippen molar-refractivity contribution in [3.05, 3.63) is 59.7 Å². The van der Waals surface area contributed by atoms with Gasteiger partial charge in [-0.3, -0.25) is 14.7 Å². The molecule has 2 aliphatic heterocycles. The second-order valence-electron chi connectivity index (χ2n) is 8.64. The van der Waals surface area contributed by atoms with Crippen molar-refractivity contribution in [1.82, 2.24) is 24.6 Å². The van der Waals surface area contributed by atoms with Crippen molar-refractivity contribution >= 4 is 11.5 Å². The molecule has 5 rings (SSSR count). The molecule has 2 N–H and O–H groups in total. The summed E-state index contributed by atoms with van der Waals surface area (Å²) in [5.74, 6) is 1.15. The van der Waals surface area contributed by atoms with E-state index in [1.54, 1.807) is 0 Å². The van der Waals surface area contributed by atoms with E-state index in [4.69, 9.17) is 4.98 Å². The number of rotatable bonds is 3. The maximum Gasteiger partial charge on any atom is 0.138 e. The molecule has 0 spiro atoms. The number of piperidine rings is 1. The van der Waals surface area contributed by atoms with Crippen molar-refractivity contribution in [1.29, 1.82) is 0 Å². The molecule has 3 aromatic heterocycles. The van der Waals surface area contributed by atoms with Crippen LogP contribution in [0.4, 0.5) is 5.82 Å². The van der Waals surface area contributed by atoms with E-state index >= 15 is 0 Å². The van der Waals surface area contributed by atoms with Crippen LogP contribution in [0, 0.1) is 6.92 Å². The molecular formula is C23H30N6O. The lowest BCUT2D eigenvalue weighted by Gasteiger charge is -2.37. The highest BCUT2D eigenvalue weighted by atomic mass is 16.3. The Morgan fingerprint density at radius 1 is 1.00 bits per heavy atom. The van der Waals surface area contributed by atoms with Crippen LogP contribution in [0.25, 0.3) is 5.65 Å². The van der Waals surface area contributed by atoms with Gasteiger partial charge in [-0.2, -0.15) is 0 Å². The normalized spacial score (nSPS) is 25.7. The van der Waals surface area contributed by atoms with Crippen LogP contribution in [0.2, 0.25) is 0 Å². The number of nitrogens with one attached hydrogen (secondary N) is 1. The smallest absolute Gasteiger partial charge is 0.138 e. The topological polar surface area (TPSA) is 68.9 Å². The lowest BCUT2D eigenvalue weighted by atomic mass is 9.90. The molecule has 0 bridgehead atoms. The fraction of sp³-hybridized carbons (Fsp3) is 0.478. The summed E-state index contributed by atoms with van der Waals surface area (Å²) in [6.07, 6.45) is 4.88. The minimum Gasteiger partial charge on any atom is -0.393 e. The molecule has 0 radical (unpaired) electrons. The molecule has 3 atom stereocenters. The zero-order valence-electron chi connectivity index (χ0n) is 17.7. The summed E-state index contributed by atoms with van der Waals surface area (Å²) in [7, 11) is 2.17. The van der Waals surface area contributed by atoms with Crippen LogP contribution in [0.15, 0.2) is 42.7 Å². The van der Waals surface area contributed by atoms with Crippen molar-refractivity contribution in [2.75, 3.05) is 38.1 Å². The number of aliphatic hydroxyl groups excluding tert-OH is 1. The number of likely N-dealkylation sites (N-methyl/N-ethyl adjacent to an activating group) is 1. The van der Waals surface area contributed by atoms with Gasteiger partial charge < -0.3 is 14.9 Å². The maximum absolute atomic E-state index is 10.8. The average Bonchev–Trinajstić information content (AvgIpc) is 3.14. The number of fused-ring (bicyclic) bond motifs is 1. The number of pyridine rings is 2. The number of imidazole rings is 1. The van der Waals surface area contributed by atoms with Gasteiger partial charge in [0.05, 0.1) is 23.9 Å². The van der Waals surface area contributed by atoms with Crippen molar-refractivity contribution in [2.45, 2.75) is 38.0 Å². The maximum atomic E-state index is 10.8. The highest BCUT2D eigenvalue weighted by Crippen LogP contribution is 2.37. The minimum absolute atomic E-state index is 0.0186. The second-order valence-corrected chi connectivity index (χ2v) is 8.64. The quantitative estimate of drug-likeness (QED) is 0.696. The monoisotopic (exact) mass is 406 g/mol.